The molecular weight excluding hydrogens is 450 g/mol. The number of benzene rings is 2. The van der Waals surface area contributed by atoms with Gasteiger partial charge in [0, 0.05) is 15.7 Å². The molecule has 2 aromatic carbocycles. The summed E-state index contributed by atoms with van der Waals surface area (Å²) in [7, 11) is 0. The van der Waals surface area contributed by atoms with Crippen LogP contribution in [-0.2, 0) is 9.53 Å². The number of carbonyl (C=O) groups is 1. The van der Waals surface area contributed by atoms with E-state index in [2.05, 4.69) is 26.1 Å². The third-order valence-electron chi connectivity index (χ3n) is 4.93. The number of para-hydroxylation sites is 1. The summed E-state index contributed by atoms with van der Waals surface area (Å²) in [6.45, 7) is 0. The van der Waals surface area contributed by atoms with Crippen LogP contribution < -0.4 is 0 Å². The highest BCUT2D eigenvalue weighted by Crippen LogP contribution is 2.32. The maximum atomic E-state index is 12.4. The standard InChI is InChI=1S/C22H22BrN3O2S/c23-19-14-8-7-13-18(19)21-24-25-22(26(21)16-9-3-1-4-10-16)29-15-20(27)28-17-11-5-2-6-12-17/h1,3-4,7-10,13-14,17H,2,5-6,11-12,15H2. The van der Waals surface area contributed by atoms with Gasteiger partial charge >= 0.3 is 5.97 Å². The van der Waals surface area contributed by atoms with Crippen LogP contribution in [0.15, 0.2) is 64.2 Å². The molecular formula is C22H22BrN3O2S. The van der Waals surface area contributed by atoms with Crippen LogP contribution in [0.1, 0.15) is 32.1 Å². The molecule has 0 spiro atoms. The largest absolute Gasteiger partial charge is 0.462 e. The average molecular weight is 472 g/mol. The number of hydrogen-bond donors (Lipinski definition) is 0. The number of halogens is 1. The molecule has 1 aliphatic rings. The Kier molecular flexibility index (Phi) is 6.67. The van der Waals surface area contributed by atoms with Crippen LogP contribution in [-0.4, -0.2) is 32.6 Å². The maximum Gasteiger partial charge on any atom is 0.316 e. The highest BCUT2D eigenvalue weighted by molar-refractivity contribution is 9.10. The number of nitrogens with zero attached hydrogens (tertiary/aromatic N) is 3. The summed E-state index contributed by atoms with van der Waals surface area (Å²) in [5, 5.41) is 9.47. The van der Waals surface area contributed by atoms with Gasteiger partial charge in [0.2, 0.25) is 0 Å². The predicted molar refractivity (Wildman–Crippen MR) is 118 cm³/mol. The molecule has 5 nitrogen and oxygen atoms in total. The molecule has 0 bridgehead atoms. The van der Waals surface area contributed by atoms with Gasteiger partial charge in [-0.1, -0.05) is 70.5 Å². The number of ether oxygens (including phenoxy) is 1. The molecule has 0 unspecified atom stereocenters. The molecule has 1 fully saturated rings. The lowest BCUT2D eigenvalue weighted by atomic mass is 9.98. The van der Waals surface area contributed by atoms with E-state index in [0.717, 1.165) is 47.2 Å². The van der Waals surface area contributed by atoms with Crippen LogP contribution in [0.5, 0.6) is 0 Å². The lowest BCUT2D eigenvalue weighted by Gasteiger charge is -2.21. The van der Waals surface area contributed by atoms with Crippen molar-refractivity contribution in [3.05, 3.63) is 59.1 Å². The van der Waals surface area contributed by atoms with Crippen molar-refractivity contribution < 1.29 is 9.53 Å². The van der Waals surface area contributed by atoms with Crippen molar-refractivity contribution in [2.75, 3.05) is 5.75 Å². The summed E-state index contributed by atoms with van der Waals surface area (Å²) in [5.41, 5.74) is 1.90. The third-order valence-corrected chi connectivity index (χ3v) is 6.53. The van der Waals surface area contributed by atoms with Crippen LogP contribution in [0.3, 0.4) is 0 Å². The lowest BCUT2D eigenvalue weighted by Crippen LogP contribution is -2.22. The van der Waals surface area contributed by atoms with Crippen LogP contribution in [0.2, 0.25) is 0 Å². The summed E-state index contributed by atoms with van der Waals surface area (Å²) >= 11 is 4.96. The fraction of sp³-hybridized carbons (Fsp3) is 0.318. The molecule has 7 heteroatoms. The first-order valence-electron chi connectivity index (χ1n) is 9.80. The number of hydrogen-bond acceptors (Lipinski definition) is 5. The molecule has 3 aromatic rings. The van der Waals surface area contributed by atoms with E-state index in [-0.39, 0.29) is 17.8 Å². The van der Waals surface area contributed by atoms with E-state index >= 15 is 0 Å². The summed E-state index contributed by atoms with van der Waals surface area (Å²) in [6, 6.07) is 17.9. The molecule has 29 heavy (non-hydrogen) atoms. The minimum atomic E-state index is -0.188. The second-order valence-electron chi connectivity index (χ2n) is 7.00. The minimum absolute atomic E-state index is 0.0691. The van der Waals surface area contributed by atoms with Gasteiger partial charge in [-0.25, -0.2) is 0 Å². The Balaban J connectivity index is 1.57. The van der Waals surface area contributed by atoms with Gasteiger partial charge < -0.3 is 4.74 Å². The Morgan fingerprint density at radius 1 is 1.03 bits per heavy atom. The van der Waals surface area contributed by atoms with Crippen molar-refractivity contribution in [2.24, 2.45) is 0 Å². The van der Waals surface area contributed by atoms with Crippen molar-refractivity contribution in [2.45, 2.75) is 43.4 Å². The molecule has 150 valence electrons. The number of thioether (sulfide) groups is 1. The zero-order valence-electron chi connectivity index (χ0n) is 16.0. The molecule has 0 N–H and O–H groups in total. The fourth-order valence-electron chi connectivity index (χ4n) is 3.52. The normalized spacial score (nSPS) is 14.7. The van der Waals surface area contributed by atoms with Crippen molar-refractivity contribution in [1.29, 1.82) is 0 Å². The summed E-state index contributed by atoms with van der Waals surface area (Å²) in [4.78, 5) is 12.4. The fourth-order valence-corrected chi connectivity index (χ4v) is 4.71. The number of rotatable bonds is 6. The van der Waals surface area contributed by atoms with E-state index in [0.29, 0.717) is 5.16 Å². The Hall–Kier alpha value is -2.12. The van der Waals surface area contributed by atoms with Gasteiger partial charge in [0.1, 0.15) is 6.10 Å². The first-order valence-corrected chi connectivity index (χ1v) is 11.6. The van der Waals surface area contributed by atoms with E-state index < -0.39 is 0 Å². The average Bonchev–Trinajstić information content (AvgIpc) is 3.18. The first kappa shape index (κ1) is 20.2. The van der Waals surface area contributed by atoms with Gasteiger partial charge in [-0.05, 0) is 43.9 Å². The summed E-state index contributed by atoms with van der Waals surface area (Å²) in [6.07, 6.45) is 5.54. The van der Waals surface area contributed by atoms with Crippen LogP contribution >= 0.6 is 27.7 Å². The Morgan fingerprint density at radius 2 is 1.76 bits per heavy atom. The zero-order chi connectivity index (χ0) is 20.1. The quantitative estimate of drug-likeness (QED) is 0.342. The highest BCUT2D eigenvalue weighted by atomic mass is 79.9. The SMILES string of the molecule is O=C(CSc1nnc(-c2ccccc2Br)n1-c1ccccc1)OC1CCCCC1. The summed E-state index contributed by atoms with van der Waals surface area (Å²) < 4.78 is 8.57. The number of carbonyl (C=O) groups excluding carboxylic acids is 1. The van der Waals surface area contributed by atoms with Crippen molar-refractivity contribution in [3.8, 4) is 17.1 Å². The van der Waals surface area contributed by atoms with Crippen LogP contribution in [0.25, 0.3) is 17.1 Å². The smallest absolute Gasteiger partial charge is 0.316 e. The second-order valence-corrected chi connectivity index (χ2v) is 8.79. The van der Waals surface area contributed by atoms with Gasteiger partial charge in [-0.2, -0.15) is 0 Å². The summed E-state index contributed by atoms with van der Waals surface area (Å²) in [5.74, 6) is 0.760. The first-order chi connectivity index (χ1) is 14.2. The van der Waals surface area contributed by atoms with Gasteiger partial charge in [-0.3, -0.25) is 9.36 Å². The Bertz CT molecular complexity index is 971. The topological polar surface area (TPSA) is 57.0 Å². The molecule has 0 radical (unpaired) electrons. The molecule has 1 aromatic heterocycles. The zero-order valence-corrected chi connectivity index (χ0v) is 18.4. The molecule has 0 aliphatic heterocycles. The van der Waals surface area contributed by atoms with E-state index in [9.17, 15) is 4.79 Å². The molecule has 0 atom stereocenters. The van der Waals surface area contributed by atoms with Gasteiger partial charge in [0.25, 0.3) is 0 Å². The van der Waals surface area contributed by atoms with Crippen molar-refractivity contribution in [3.63, 3.8) is 0 Å². The van der Waals surface area contributed by atoms with Crippen LogP contribution in [0.4, 0.5) is 0 Å². The second kappa shape index (κ2) is 9.59. The molecule has 0 saturated heterocycles. The Labute approximate surface area is 183 Å². The molecule has 1 aliphatic carbocycles. The molecule has 1 heterocycles. The number of aromatic nitrogens is 3. The Morgan fingerprint density at radius 3 is 2.52 bits per heavy atom. The van der Waals surface area contributed by atoms with Gasteiger partial charge in [-0.15, -0.1) is 10.2 Å². The van der Waals surface area contributed by atoms with E-state index in [1.54, 1.807) is 0 Å². The van der Waals surface area contributed by atoms with Gasteiger partial charge in [0.15, 0.2) is 11.0 Å². The lowest BCUT2D eigenvalue weighted by molar-refractivity contribution is -0.147. The van der Waals surface area contributed by atoms with E-state index in [1.165, 1.54) is 18.2 Å². The van der Waals surface area contributed by atoms with E-state index in [4.69, 9.17) is 4.74 Å². The minimum Gasteiger partial charge on any atom is -0.462 e. The van der Waals surface area contributed by atoms with E-state index in [1.807, 2.05) is 59.2 Å². The van der Waals surface area contributed by atoms with Crippen molar-refractivity contribution in [1.82, 2.24) is 14.8 Å². The van der Waals surface area contributed by atoms with Gasteiger partial charge in [0.05, 0.1) is 5.75 Å². The maximum absolute atomic E-state index is 12.4. The molecule has 0 amide bonds. The highest BCUT2D eigenvalue weighted by Gasteiger charge is 2.21. The predicted octanol–water partition coefficient (Wildman–Crippen LogP) is 5.66. The monoisotopic (exact) mass is 471 g/mol. The molecule has 1 saturated carbocycles. The third kappa shape index (κ3) is 4.90. The molecule has 4 rings (SSSR count). The number of esters is 1. The van der Waals surface area contributed by atoms with Crippen LogP contribution in [0, 0.1) is 0 Å². The van der Waals surface area contributed by atoms with Crippen molar-refractivity contribution >= 4 is 33.7 Å².